The maximum absolute atomic E-state index is 13.5. The number of pyridine rings is 1. The highest BCUT2D eigenvalue weighted by Crippen LogP contribution is 2.43. The van der Waals surface area contributed by atoms with E-state index in [2.05, 4.69) is 49.1 Å². The lowest BCUT2D eigenvalue weighted by Crippen LogP contribution is -2.38. The summed E-state index contributed by atoms with van der Waals surface area (Å²) in [5.74, 6) is -0.0263. The molecule has 1 fully saturated rings. The van der Waals surface area contributed by atoms with Crippen LogP contribution in [0.4, 0.5) is 5.69 Å². The molecule has 0 saturated carbocycles. The van der Waals surface area contributed by atoms with E-state index in [0.29, 0.717) is 11.6 Å². The number of ether oxygens (including phenoxy) is 1. The Kier molecular flexibility index (Phi) is 6.67. The maximum atomic E-state index is 13.5. The lowest BCUT2D eigenvalue weighted by molar-refractivity contribution is 0.00640. The minimum Gasteiger partial charge on any atom is -0.455 e. The molecule has 1 saturated heterocycles. The summed E-state index contributed by atoms with van der Waals surface area (Å²) in [5.41, 5.74) is 4.38. The highest BCUT2D eigenvalue weighted by Gasteiger charge is 2.32. The third-order valence-corrected chi connectivity index (χ3v) is 6.47. The Hall–Kier alpha value is -2.59. The Morgan fingerprint density at radius 1 is 1.12 bits per heavy atom. The normalized spacial score (nSPS) is 16.9. The first-order valence-corrected chi connectivity index (χ1v) is 12.3. The van der Waals surface area contributed by atoms with Crippen molar-refractivity contribution in [3.63, 3.8) is 0 Å². The third-order valence-electron chi connectivity index (χ3n) is 6.02. The summed E-state index contributed by atoms with van der Waals surface area (Å²) in [4.78, 5) is 20.5. The number of hydrogen-bond donors (Lipinski definition) is 0. The average molecular weight is 465 g/mol. The maximum Gasteiger partial charge on any atom is 0.359 e. The highest BCUT2D eigenvalue weighted by atomic mass is 35.5. The van der Waals surface area contributed by atoms with Gasteiger partial charge in [-0.2, -0.15) is 0 Å². The fourth-order valence-electron chi connectivity index (χ4n) is 4.44. The van der Waals surface area contributed by atoms with Crippen LogP contribution in [-0.2, 0) is 4.74 Å². The molecule has 0 bridgehead atoms. The number of carbonyl (C=O) groups excluding carboxylic acids is 1. The molecular weight excluding hydrogens is 432 g/mol. The summed E-state index contributed by atoms with van der Waals surface area (Å²) in [5, 5.41) is 1.01. The number of rotatable bonds is 4. The second-order valence-electron chi connectivity index (χ2n) is 10.1. The highest BCUT2D eigenvalue weighted by molar-refractivity contribution is 6.22. The van der Waals surface area contributed by atoms with E-state index in [1.807, 2.05) is 39.0 Å². The van der Waals surface area contributed by atoms with Crippen molar-refractivity contribution in [3.05, 3.63) is 59.8 Å². The van der Waals surface area contributed by atoms with Gasteiger partial charge >= 0.3 is 5.97 Å². The smallest absolute Gasteiger partial charge is 0.359 e. The SMILES string of the molecule is CC(C)c1cccc(-c2c(N3CCCCC3Cl)c(C(=O)OC(C)(C)C)nc3ccccc23)c1. The van der Waals surface area contributed by atoms with Gasteiger partial charge in [0.25, 0.3) is 0 Å². The van der Waals surface area contributed by atoms with Crippen molar-refractivity contribution < 1.29 is 9.53 Å². The summed E-state index contributed by atoms with van der Waals surface area (Å²) in [6, 6.07) is 16.6. The van der Waals surface area contributed by atoms with Crippen molar-refractivity contribution in [3.8, 4) is 11.1 Å². The zero-order valence-electron chi connectivity index (χ0n) is 20.2. The quantitative estimate of drug-likeness (QED) is 0.227. The molecule has 1 aromatic heterocycles. The molecule has 4 rings (SSSR count). The number of anilines is 1. The molecular formula is C28H33ClN2O2. The molecule has 1 atom stereocenters. The van der Waals surface area contributed by atoms with Gasteiger partial charge in [-0.15, -0.1) is 0 Å². The standard InChI is InChI=1S/C28H33ClN2O2/c1-18(2)19-11-10-12-20(17-19)24-21-13-6-7-14-22(21)30-25(27(32)33-28(3,4)5)26(24)31-16-9-8-15-23(31)29/h6-7,10-14,17-18,23H,8-9,15-16H2,1-5H3. The van der Waals surface area contributed by atoms with Gasteiger partial charge in [0.05, 0.1) is 11.2 Å². The predicted molar refractivity (Wildman–Crippen MR) is 137 cm³/mol. The third kappa shape index (κ3) is 5.01. The number of hydrogen-bond acceptors (Lipinski definition) is 4. The Morgan fingerprint density at radius 2 is 1.88 bits per heavy atom. The van der Waals surface area contributed by atoms with Gasteiger partial charge in [-0.05, 0) is 63.1 Å². The molecule has 174 valence electrons. The predicted octanol–water partition coefficient (Wildman–Crippen LogP) is 7.54. The summed E-state index contributed by atoms with van der Waals surface area (Å²) in [7, 11) is 0. The van der Waals surface area contributed by atoms with E-state index in [1.165, 1.54) is 5.56 Å². The minimum atomic E-state index is -0.623. The van der Waals surface area contributed by atoms with Gasteiger partial charge < -0.3 is 9.64 Å². The fraction of sp³-hybridized carbons (Fsp3) is 0.429. The average Bonchev–Trinajstić information content (AvgIpc) is 2.77. The number of alkyl halides is 1. The summed E-state index contributed by atoms with van der Waals surface area (Å²) >= 11 is 6.87. The van der Waals surface area contributed by atoms with E-state index >= 15 is 0 Å². The molecule has 2 aromatic carbocycles. The van der Waals surface area contributed by atoms with E-state index in [9.17, 15) is 4.79 Å². The Labute approximate surface area is 201 Å². The Bertz CT molecular complexity index is 1170. The first-order valence-electron chi connectivity index (χ1n) is 11.8. The first kappa shape index (κ1) is 23.6. The second-order valence-corrected chi connectivity index (χ2v) is 10.6. The Balaban J connectivity index is 2.06. The van der Waals surface area contributed by atoms with Crippen molar-refractivity contribution in [2.24, 2.45) is 0 Å². The number of nitrogens with zero attached hydrogens (tertiary/aromatic N) is 2. The molecule has 1 aliphatic heterocycles. The number of para-hydroxylation sites is 1. The lowest BCUT2D eigenvalue weighted by atomic mass is 9.92. The molecule has 5 heteroatoms. The van der Waals surface area contributed by atoms with Gasteiger partial charge in [0, 0.05) is 17.5 Å². The van der Waals surface area contributed by atoms with Crippen LogP contribution in [-0.4, -0.2) is 28.6 Å². The monoisotopic (exact) mass is 464 g/mol. The molecule has 0 amide bonds. The van der Waals surface area contributed by atoms with Gasteiger partial charge in [0.15, 0.2) is 5.69 Å². The van der Waals surface area contributed by atoms with Crippen LogP contribution in [0.15, 0.2) is 48.5 Å². The van der Waals surface area contributed by atoms with E-state index in [0.717, 1.165) is 53.5 Å². The van der Waals surface area contributed by atoms with Crippen molar-refractivity contribution >= 4 is 34.2 Å². The zero-order chi connectivity index (χ0) is 23.8. The number of piperidine rings is 1. The molecule has 1 unspecified atom stereocenters. The van der Waals surface area contributed by atoms with Crippen LogP contribution in [0.3, 0.4) is 0 Å². The van der Waals surface area contributed by atoms with E-state index in [1.54, 1.807) is 0 Å². The molecule has 0 aliphatic carbocycles. The van der Waals surface area contributed by atoms with Gasteiger partial charge in [0.1, 0.15) is 11.1 Å². The summed E-state index contributed by atoms with van der Waals surface area (Å²) in [6.07, 6.45) is 2.97. The molecule has 1 aliphatic rings. The number of halogens is 1. The van der Waals surface area contributed by atoms with Crippen molar-refractivity contribution in [1.82, 2.24) is 4.98 Å². The molecule has 0 radical (unpaired) electrons. The fourth-order valence-corrected chi connectivity index (χ4v) is 4.79. The summed E-state index contributed by atoms with van der Waals surface area (Å²) < 4.78 is 5.82. The van der Waals surface area contributed by atoms with Crippen LogP contribution < -0.4 is 4.90 Å². The van der Waals surface area contributed by atoms with Crippen molar-refractivity contribution in [1.29, 1.82) is 0 Å². The van der Waals surface area contributed by atoms with Crippen LogP contribution in [0.5, 0.6) is 0 Å². The van der Waals surface area contributed by atoms with Crippen molar-refractivity contribution in [2.45, 2.75) is 70.9 Å². The summed E-state index contributed by atoms with van der Waals surface area (Å²) in [6.45, 7) is 10.8. The molecule has 0 N–H and O–H groups in total. The second kappa shape index (κ2) is 9.34. The van der Waals surface area contributed by atoms with Gasteiger partial charge in [0.2, 0.25) is 0 Å². The first-order chi connectivity index (χ1) is 15.7. The molecule has 3 aromatic rings. The number of benzene rings is 2. The number of carbonyl (C=O) groups is 1. The van der Waals surface area contributed by atoms with Crippen LogP contribution in [0.2, 0.25) is 0 Å². The zero-order valence-corrected chi connectivity index (χ0v) is 20.9. The van der Waals surface area contributed by atoms with E-state index < -0.39 is 11.6 Å². The van der Waals surface area contributed by atoms with E-state index in [4.69, 9.17) is 21.3 Å². The molecule has 0 spiro atoms. The molecule has 2 heterocycles. The van der Waals surface area contributed by atoms with E-state index in [-0.39, 0.29) is 5.50 Å². The van der Waals surface area contributed by atoms with Gasteiger partial charge in [-0.3, -0.25) is 0 Å². The van der Waals surface area contributed by atoms with Gasteiger partial charge in [-0.1, -0.05) is 67.9 Å². The molecule has 4 nitrogen and oxygen atoms in total. The number of esters is 1. The van der Waals surface area contributed by atoms with Crippen LogP contribution in [0.25, 0.3) is 22.0 Å². The Morgan fingerprint density at radius 3 is 2.58 bits per heavy atom. The van der Waals surface area contributed by atoms with Crippen LogP contribution >= 0.6 is 11.6 Å². The molecule has 33 heavy (non-hydrogen) atoms. The van der Waals surface area contributed by atoms with Crippen LogP contribution in [0.1, 0.15) is 75.9 Å². The van der Waals surface area contributed by atoms with Gasteiger partial charge in [-0.25, -0.2) is 9.78 Å². The lowest BCUT2D eigenvalue weighted by Gasteiger charge is -2.36. The van der Waals surface area contributed by atoms with Crippen molar-refractivity contribution in [2.75, 3.05) is 11.4 Å². The largest absolute Gasteiger partial charge is 0.455 e. The minimum absolute atomic E-state index is 0.199. The number of aromatic nitrogens is 1. The van der Waals surface area contributed by atoms with Crippen LogP contribution in [0, 0.1) is 0 Å². The number of fused-ring (bicyclic) bond motifs is 1. The topological polar surface area (TPSA) is 42.4 Å².